The van der Waals surface area contributed by atoms with E-state index >= 15 is 0 Å². The molecule has 0 fully saturated rings. The van der Waals surface area contributed by atoms with Gasteiger partial charge in [0.05, 0.1) is 31.6 Å². The number of hydrogen-bond acceptors (Lipinski definition) is 5. The number of pyridine rings is 1. The van der Waals surface area contributed by atoms with Gasteiger partial charge in [0.2, 0.25) is 0 Å². The van der Waals surface area contributed by atoms with Crippen LogP contribution in [0.4, 0.5) is 0 Å². The number of unbranched alkanes of at least 4 members (excludes halogenated alkanes) is 1. The van der Waals surface area contributed by atoms with Gasteiger partial charge in [-0.1, -0.05) is 19.4 Å². The molecule has 1 rings (SSSR count). The van der Waals surface area contributed by atoms with Gasteiger partial charge in [0.25, 0.3) is 0 Å². The van der Waals surface area contributed by atoms with E-state index in [1.54, 1.807) is 0 Å². The second kappa shape index (κ2) is 11.6. The first-order chi connectivity index (χ1) is 10.2. The molecule has 0 saturated carbocycles. The molecule has 0 radical (unpaired) electrons. The summed E-state index contributed by atoms with van der Waals surface area (Å²) >= 11 is 0. The average Bonchev–Trinajstić information content (AvgIpc) is 2.46. The van der Waals surface area contributed by atoms with Crippen molar-refractivity contribution in [2.24, 2.45) is 0 Å². The van der Waals surface area contributed by atoms with Crippen LogP contribution in [0, 0.1) is 6.92 Å². The molecule has 0 aliphatic heterocycles. The summed E-state index contributed by atoms with van der Waals surface area (Å²) in [5.41, 5.74) is 1.98. The van der Waals surface area contributed by atoms with Crippen LogP contribution < -0.4 is 5.32 Å². The highest BCUT2D eigenvalue weighted by Gasteiger charge is 2.04. The minimum Gasteiger partial charge on any atom is -0.389 e. The van der Waals surface area contributed by atoms with Gasteiger partial charge in [-0.15, -0.1) is 0 Å². The van der Waals surface area contributed by atoms with Gasteiger partial charge >= 0.3 is 0 Å². The SMILES string of the molecule is CCCCOCCOCC(O)CNCc1cccc(C)n1. The molecule has 1 aromatic heterocycles. The molecule has 1 atom stereocenters. The van der Waals surface area contributed by atoms with Gasteiger partial charge in [-0.3, -0.25) is 4.98 Å². The molecule has 0 bridgehead atoms. The predicted octanol–water partition coefficient (Wildman–Crippen LogP) is 1.67. The van der Waals surface area contributed by atoms with Crippen molar-refractivity contribution in [1.82, 2.24) is 10.3 Å². The lowest BCUT2D eigenvalue weighted by Gasteiger charge is -2.12. The number of rotatable bonds is 12. The fraction of sp³-hybridized carbons (Fsp3) is 0.688. The Labute approximate surface area is 127 Å². The monoisotopic (exact) mass is 296 g/mol. The van der Waals surface area contributed by atoms with Gasteiger partial charge in [-0.05, 0) is 25.5 Å². The molecule has 0 aliphatic carbocycles. The Kier molecular flexibility index (Phi) is 9.99. The van der Waals surface area contributed by atoms with Gasteiger partial charge in [-0.25, -0.2) is 0 Å². The standard InChI is InChI=1S/C16H28N2O3/c1-3-4-8-20-9-10-21-13-16(19)12-17-11-15-7-5-6-14(2)18-15/h5-7,16-17,19H,3-4,8-13H2,1-2H3. The first-order valence-corrected chi connectivity index (χ1v) is 7.69. The zero-order valence-corrected chi connectivity index (χ0v) is 13.2. The van der Waals surface area contributed by atoms with Crippen molar-refractivity contribution < 1.29 is 14.6 Å². The molecule has 1 aromatic rings. The lowest BCUT2D eigenvalue weighted by molar-refractivity contribution is 0.00383. The molecule has 5 nitrogen and oxygen atoms in total. The lowest BCUT2D eigenvalue weighted by atomic mass is 10.3. The quantitative estimate of drug-likeness (QED) is 0.575. The van der Waals surface area contributed by atoms with Crippen molar-refractivity contribution >= 4 is 0 Å². The summed E-state index contributed by atoms with van der Waals surface area (Å²) in [6.45, 7) is 7.47. The second-order valence-corrected chi connectivity index (χ2v) is 5.10. The van der Waals surface area contributed by atoms with Gasteiger partial charge in [0.1, 0.15) is 0 Å². The normalized spacial score (nSPS) is 12.5. The van der Waals surface area contributed by atoms with E-state index in [1.165, 1.54) is 0 Å². The third kappa shape index (κ3) is 9.52. The molecule has 120 valence electrons. The highest BCUT2D eigenvalue weighted by molar-refractivity contribution is 5.09. The molecule has 0 spiro atoms. The van der Waals surface area contributed by atoms with Gasteiger partial charge in [0.15, 0.2) is 0 Å². The maximum absolute atomic E-state index is 9.77. The summed E-state index contributed by atoms with van der Waals surface area (Å²) in [7, 11) is 0. The molecular formula is C16H28N2O3. The third-order valence-electron chi connectivity index (χ3n) is 2.96. The number of aryl methyl sites for hydroxylation is 1. The molecule has 2 N–H and O–H groups in total. The van der Waals surface area contributed by atoms with Crippen molar-refractivity contribution in [3.05, 3.63) is 29.6 Å². The van der Waals surface area contributed by atoms with Crippen LogP contribution >= 0.6 is 0 Å². The zero-order chi connectivity index (χ0) is 15.3. The number of nitrogens with one attached hydrogen (secondary N) is 1. The maximum atomic E-state index is 9.77. The lowest BCUT2D eigenvalue weighted by Crippen LogP contribution is -2.30. The van der Waals surface area contributed by atoms with Crippen molar-refractivity contribution in [3.63, 3.8) is 0 Å². The Bertz CT molecular complexity index is 374. The highest BCUT2D eigenvalue weighted by Crippen LogP contribution is 1.97. The Balaban J connectivity index is 1.97. The summed E-state index contributed by atoms with van der Waals surface area (Å²) in [4.78, 5) is 4.39. The van der Waals surface area contributed by atoms with Crippen LogP contribution in [0.25, 0.3) is 0 Å². The van der Waals surface area contributed by atoms with Crippen molar-refractivity contribution in [1.29, 1.82) is 0 Å². The Morgan fingerprint density at radius 1 is 1.24 bits per heavy atom. The fourth-order valence-corrected chi connectivity index (χ4v) is 1.81. The van der Waals surface area contributed by atoms with Crippen LogP contribution in [0.3, 0.4) is 0 Å². The molecule has 0 aliphatic rings. The summed E-state index contributed by atoms with van der Waals surface area (Å²) < 4.78 is 10.7. The predicted molar refractivity (Wildman–Crippen MR) is 83.2 cm³/mol. The zero-order valence-electron chi connectivity index (χ0n) is 13.2. The third-order valence-corrected chi connectivity index (χ3v) is 2.96. The van der Waals surface area contributed by atoms with E-state index in [0.29, 0.717) is 32.9 Å². The van der Waals surface area contributed by atoms with Gasteiger partial charge in [-0.2, -0.15) is 0 Å². The van der Waals surface area contributed by atoms with E-state index in [4.69, 9.17) is 9.47 Å². The average molecular weight is 296 g/mol. The number of hydrogen-bond donors (Lipinski definition) is 2. The Morgan fingerprint density at radius 3 is 2.81 bits per heavy atom. The van der Waals surface area contributed by atoms with E-state index < -0.39 is 6.10 Å². The topological polar surface area (TPSA) is 63.6 Å². The second-order valence-electron chi connectivity index (χ2n) is 5.10. The van der Waals surface area contributed by atoms with Crippen LogP contribution in [0.15, 0.2) is 18.2 Å². The van der Waals surface area contributed by atoms with Gasteiger partial charge < -0.3 is 19.9 Å². The largest absolute Gasteiger partial charge is 0.389 e. The van der Waals surface area contributed by atoms with Crippen molar-refractivity contribution in [3.8, 4) is 0 Å². The summed E-state index contributed by atoms with van der Waals surface area (Å²) in [6.07, 6.45) is 1.71. The minimum atomic E-state index is -0.509. The highest BCUT2D eigenvalue weighted by atomic mass is 16.5. The number of ether oxygens (including phenoxy) is 2. The maximum Gasteiger partial charge on any atom is 0.0897 e. The van der Waals surface area contributed by atoms with Crippen LogP contribution in [0.1, 0.15) is 31.2 Å². The number of aromatic nitrogens is 1. The van der Waals surface area contributed by atoms with Crippen LogP contribution in [-0.4, -0.2) is 49.2 Å². The summed E-state index contributed by atoms with van der Waals surface area (Å²) in [5.74, 6) is 0. The number of aliphatic hydroxyl groups is 1. The molecule has 1 heterocycles. The molecule has 5 heteroatoms. The fourth-order valence-electron chi connectivity index (χ4n) is 1.81. The van der Waals surface area contributed by atoms with Crippen molar-refractivity contribution in [2.75, 3.05) is 33.0 Å². The minimum absolute atomic E-state index is 0.325. The van der Waals surface area contributed by atoms with Crippen LogP contribution in [0.5, 0.6) is 0 Å². The Morgan fingerprint density at radius 2 is 2.05 bits per heavy atom. The van der Waals surface area contributed by atoms with Crippen LogP contribution in [0.2, 0.25) is 0 Å². The molecule has 0 aromatic carbocycles. The van der Waals surface area contributed by atoms with Crippen molar-refractivity contribution in [2.45, 2.75) is 39.3 Å². The molecule has 21 heavy (non-hydrogen) atoms. The van der Waals surface area contributed by atoms with E-state index in [-0.39, 0.29) is 0 Å². The number of nitrogens with zero attached hydrogens (tertiary/aromatic N) is 1. The molecular weight excluding hydrogens is 268 g/mol. The number of aliphatic hydroxyl groups excluding tert-OH is 1. The van der Waals surface area contributed by atoms with E-state index in [9.17, 15) is 5.11 Å². The van der Waals surface area contributed by atoms with E-state index in [1.807, 2.05) is 25.1 Å². The summed E-state index contributed by atoms with van der Waals surface area (Å²) in [6, 6.07) is 5.92. The van der Waals surface area contributed by atoms with E-state index in [2.05, 4.69) is 17.2 Å². The molecule has 0 saturated heterocycles. The Hall–Kier alpha value is -1.01. The first kappa shape index (κ1) is 18.0. The van der Waals surface area contributed by atoms with Crippen LogP contribution in [-0.2, 0) is 16.0 Å². The molecule has 0 amide bonds. The van der Waals surface area contributed by atoms with E-state index in [0.717, 1.165) is 30.8 Å². The first-order valence-electron chi connectivity index (χ1n) is 7.69. The smallest absolute Gasteiger partial charge is 0.0897 e. The summed E-state index contributed by atoms with van der Waals surface area (Å²) in [5, 5.41) is 12.9. The van der Waals surface area contributed by atoms with Gasteiger partial charge in [0, 0.05) is 25.4 Å². The molecule has 1 unspecified atom stereocenters.